The molecule has 2 aromatic heterocycles. The maximum absolute atomic E-state index is 13.0. The number of carbonyl (C=O) groups excluding carboxylic acids is 2. The topological polar surface area (TPSA) is 87.2 Å². The molecular weight excluding hydrogens is 447 g/mol. The van der Waals surface area contributed by atoms with E-state index in [1.54, 1.807) is 32.0 Å². The molecule has 1 fully saturated rings. The van der Waals surface area contributed by atoms with Crippen LogP contribution < -0.4 is 15.5 Å². The number of pyridine rings is 2. The number of halogens is 3. The smallest absolute Gasteiger partial charge is 0.354 e. The molecule has 1 aromatic carbocycles. The van der Waals surface area contributed by atoms with Crippen molar-refractivity contribution in [3.8, 4) is 0 Å². The minimum atomic E-state index is -4.43. The molecule has 1 unspecified atom stereocenters. The molecule has 10 heteroatoms. The van der Waals surface area contributed by atoms with Gasteiger partial charge in [0.05, 0.1) is 11.1 Å². The van der Waals surface area contributed by atoms with Gasteiger partial charge in [-0.15, -0.1) is 0 Å². The van der Waals surface area contributed by atoms with E-state index in [1.807, 2.05) is 4.90 Å². The Bertz CT molecular complexity index is 1230. The number of nitrogens with one attached hydrogen (secondary N) is 2. The van der Waals surface area contributed by atoms with E-state index < -0.39 is 11.7 Å². The summed E-state index contributed by atoms with van der Waals surface area (Å²) in [5.41, 5.74) is -0.0962. The monoisotopic (exact) mass is 471 g/mol. The van der Waals surface area contributed by atoms with Crippen LogP contribution in [0.4, 0.5) is 24.8 Å². The lowest BCUT2D eigenvalue weighted by atomic mass is 10.1. The van der Waals surface area contributed by atoms with Crippen molar-refractivity contribution < 1.29 is 22.8 Å². The van der Waals surface area contributed by atoms with E-state index in [4.69, 9.17) is 0 Å². The predicted molar refractivity (Wildman–Crippen MR) is 123 cm³/mol. The summed E-state index contributed by atoms with van der Waals surface area (Å²) < 4.78 is 39.1. The van der Waals surface area contributed by atoms with Gasteiger partial charge in [-0.2, -0.15) is 13.2 Å². The highest BCUT2D eigenvalue weighted by Gasteiger charge is 2.31. The van der Waals surface area contributed by atoms with E-state index in [2.05, 4.69) is 20.6 Å². The third kappa shape index (κ3) is 5.27. The molecule has 0 spiro atoms. The van der Waals surface area contributed by atoms with Crippen LogP contribution in [0.15, 0.2) is 48.7 Å². The number of carbonyl (C=O) groups is 2. The van der Waals surface area contributed by atoms with Crippen molar-refractivity contribution in [1.82, 2.24) is 15.3 Å². The van der Waals surface area contributed by atoms with Crippen LogP contribution in [0.1, 0.15) is 36.2 Å². The summed E-state index contributed by atoms with van der Waals surface area (Å²) in [5, 5.41) is 6.26. The molecule has 0 bridgehead atoms. The van der Waals surface area contributed by atoms with E-state index in [9.17, 15) is 22.8 Å². The predicted octanol–water partition coefficient (Wildman–Crippen LogP) is 4.25. The van der Waals surface area contributed by atoms with Crippen molar-refractivity contribution in [3.05, 3.63) is 59.8 Å². The first-order valence-corrected chi connectivity index (χ1v) is 10.9. The van der Waals surface area contributed by atoms with Crippen LogP contribution in [0.2, 0.25) is 0 Å². The van der Waals surface area contributed by atoms with E-state index >= 15 is 0 Å². The molecule has 1 atom stereocenters. The Morgan fingerprint density at radius 1 is 1.12 bits per heavy atom. The number of anilines is 2. The Morgan fingerprint density at radius 3 is 2.62 bits per heavy atom. The number of fused-ring (bicyclic) bond motifs is 1. The zero-order chi connectivity index (χ0) is 24.5. The largest absolute Gasteiger partial charge is 0.416 e. The van der Waals surface area contributed by atoms with E-state index in [-0.39, 0.29) is 29.3 Å². The molecule has 7 nitrogen and oxygen atoms in total. The lowest BCUT2D eigenvalue weighted by Gasteiger charge is -2.19. The van der Waals surface area contributed by atoms with Gasteiger partial charge in [-0.1, -0.05) is 19.9 Å². The van der Waals surface area contributed by atoms with Crippen molar-refractivity contribution in [2.75, 3.05) is 23.3 Å². The minimum Gasteiger partial charge on any atom is -0.354 e. The third-order valence-electron chi connectivity index (χ3n) is 5.65. The summed E-state index contributed by atoms with van der Waals surface area (Å²) >= 11 is 0. The Morgan fingerprint density at radius 2 is 1.88 bits per heavy atom. The van der Waals surface area contributed by atoms with Crippen LogP contribution in [0.3, 0.4) is 0 Å². The summed E-state index contributed by atoms with van der Waals surface area (Å²) in [6.45, 7) is 4.61. The van der Waals surface area contributed by atoms with Crippen LogP contribution >= 0.6 is 0 Å². The standard InChI is InChI=1S/C24H24F3N5O2/c1-14(2)22(33)31-20-11-16(7-9-28-20)23(34)29-18-8-10-32(13-18)21-6-4-15-3-5-17(24(25,26)27)12-19(15)30-21/h3-7,9,11-12,14,18H,8,10,13H2,1-2H3,(H,29,34)(H,28,31,33). The summed E-state index contributed by atoms with van der Waals surface area (Å²) in [4.78, 5) is 35.0. The molecule has 3 heterocycles. The summed E-state index contributed by atoms with van der Waals surface area (Å²) in [5.74, 6) is 0.161. The Hall–Kier alpha value is -3.69. The number of hydrogen-bond acceptors (Lipinski definition) is 5. The lowest BCUT2D eigenvalue weighted by Crippen LogP contribution is -2.37. The average molecular weight is 471 g/mol. The van der Waals surface area contributed by atoms with Gasteiger partial charge in [0.15, 0.2) is 0 Å². The van der Waals surface area contributed by atoms with Crippen LogP contribution in [-0.4, -0.2) is 40.9 Å². The normalized spacial score (nSPS) is 16.2. The van der Waals surface area contributed by atoms with Gasteiger partial charge in [-0.05, 0) is 42.8 Å². The minimum absolute atomic E-state index is 0.159. The third-order valence-corrected chi connectivity index (χ3v) is 5.65. The van der Waals surface area contributed by atoms with Gasteiger partial charge in [0.1, 0.15) is 11.6 Å². The second-order valence-electron chi connectivity index (χ2n) is 8.55. The zero-order valence-corrected chi connectivity index (χ0v) is 18.7. The van der Waals surface area contributed by atoms with Crippen molar-refractivity contribution in [2.24, 2.45) is 5.92 Å². The average Bonchev–Trinajstić information content (AvgIpc) is 3.26. The van der Waals surface area contributed by atoms with Crippen molar-refractivity contribution in [2.45, 2.75) is 32.5 Å². The number of benzene rings is 1. The van der Waals surface area contributed by atoms with Crippen LogP contribution in [0, 0.1) is 5.92 Å². The van der Waals surface area contributed by atoms with Gasteiger partial charge < -0.3 is 15.5 Å². The number of aromatic nitrogens is 2. The first-order chi connectivity index (χ1) is 16.1. The van der Waals surface area contributed by atoms with Crippen LogP contribution in [0.5, 0.6) is 0 Å². The molecule has 178 valence electrons. The van der Waals surface area contributed by atoms with E-state index in [0.717, 1.165) is 12.1 Å². The van der Waals surface area contributed by atoms with Crippen molar-refractivity contribution in [3.63, 3.8) is 0 Å². The fourth-order valence-electron chi connectivity index (χ4n) is 3.72. The number of alkyl halides is 3. The highest BCUT2D eigenvalue weighted by atomic mass is 19.4. The van der Waals surface area contributed by atoms with Gasteiger partial charge in [-0.3, -0.25) is 9.59 Å². The Balaban J connectivity index is 1.42. The fraction of sp³-hybridized carbons (Fsp3) is 0.333. The van der Waals surface area contributed by atoms with Gasteiger partial charge in [-0.25, -0.2) is 9.97 Å². The molecule has 0 aliphatic carbocycles. The van der Waals surface area contributed by atoms with Gasteiger partial charge in [0, 0.05) is 42.2 Å². The number of nitrogens with zero attached hydrogens (tertiary/aromatic N) is 3. The summed E-state index contributed by atoms with van der Waals surface area (Å²) in [6.07, 6.45) is -2.31. The SMILES string of the molecule is CC(C)C(=O)Nc1cc(C(=O)NC2CCN(c3ccc4ccc(C(F)(F)F)cc4n3)C2)ccn1. The molecule has 1 aliphatic rings. The molecule has 3 aromatic rings. The van der Waals surface area contributed by atoms with E-state index in [1.165, 1.54) is 18.3 Å². The highest BCUT2D eigenvalue weighted by Crippen LogP contribution is 2.32. The Labute approximate surface area is 194 Å². The second kappa shape index (κ2) is 9.28. The molecular formula is C24H24F3N5O2. The lowest BCUT2D eigenvalue weighted by molar-refractivity contribution is -0.137. The summed E-state index contributed by atoms with van der Waals surface area (Å²) in [6, 6.07) is 9.95. The number of hydrogen-bond donors (Lipinski definition) is 2. The van der Waals surface area contributed by atoms with Crippen LogP contribution in [-0.2, 0) is 11.0 Å². The maximum atomic E-state index is 13.0. The number of rotatable bonds is 5. The van der Waals surface area contributed by atoms with Crippen LogP contribution in [0.25, 0.3) is 10.9 Å². The molecule has 0 radical (unpaired) electrons. The van der Waals surface area contributed by atoms with Crippen molar-refractivity contribution >= 4 is 34.4 Å². The molecule has 0 saturated carbocycles. The summed E-state index contributed by atoms with van der Waals surface area (Å²) in [7, 11) is 0. The fourth-order valence-corrected chi connectivity index (χ4v) is 3.72. The van der Waals surface area contributed by atoms with E-state index in [0.29, 0.717) is 42.1 Å². The Kier molecular flexibility index (Phi) is 6.41. The molecule has 1 saturated heterocycles. The quantitative estimate of drug-likeness (QED) is 0.581. The highest BCUT2D eigenvalue weighted by molar-refractivity contribution is 5.97. The first-order valence-electron chi connectivity index (χ1n) is 10.9. The molecule has 2 N–H and O–H groups in total. The number of amides is 2. The van der Waals surface area contributed by atoms with Gasteiger partial charge in [0.25, 0.3) is 5.91 Å². The zero-order valence-electron chi connectivity index (χ0n) is 18.7. The van der Waals surface area contributed by atoms with Gasteiger partial charge in [0.2, 0.25) is 5.91 Å². The molecule has 1 aliphatic heterocycles. The van der Waals surface area contributed by atoms with Crippen molar-refractivity contribution in [1.29, 1.82) is 0 Å². The molecule has 2 amide bonds. The maximum Gasteiger partial charge on any atom is 0.416 e. The molecule has 34 heavy (non-hydrogen) atoms. The first kappa shape index (κ1) is 23.5. The second-order valence-corrected chi connectivity index (χ2v) is 8.55. The van der Waals surface area contributed by atoms with Gasteiger partial charge >= 0.3 is 6.18 Å². The molecule has 4 rings (SSSR count).